The fourth-order valence-electron chi connectivity index (χ4n) is 2.34. The molecule has 1 fully saturated rings. The van der Waals surface area contributed by atoms with Gasteiger partial charge in [-0.25, -0.2) is 0 Å². The second-order valence-electron chi connectivity index (χ2n) is 4.81. The Bertz CT molecular complexity index is 378. The first-order chi connectivity index (χ1) is 8.75. The van der Waals surface area contributed by atoms with E-state index in [1.165, 1.54) is 38.9 Å². The third-order valence-electron chi connectivity index (χ3n) is 3.35. The van der Waals surface area contributed by atoms with E-state index in [9.17, 15) is 0 Å². The average Bonchev–Trinajstić information content (AvgIpc) is 2.86. The van der Waals surface area contributed by atoms with Crippen molar-refractivity contribution in [2.24, 2.45) is 0 Å². The lowest BCUT2D eigenvalue weighted by atomic mass is 10.2. The van der Waals surface area contributed by atoms with Gasteiger partial charge in [-0.1, -0.05) is 27.5 Å². The van der Waals surface area contributed by atoms with Crippen LogP contribution in [0, 0.1) is 0 Å². The summed E-state index contributed by atoms with van der Waals surface area (Å²) in [6.45, 7) is 5.70. The van der Waals surface area contributed by atoms with Crippen molar-refractivity contribution in [3.63, 3.8) is 0 Å². The highest BCUT2D eigenvalue weighted by Gasteiger charge is 2.10. The molecular formula is C14H20BrClN2. The van der Waals surface area contributed by atoms with Gasteiger partial charge in [-0.2, -0.15) is 0 Å². The monoisotopic (exact) mass is 330 g/mol. The molecule has 0 radical (unpaired) electrons. The molecule has 4 heteroatoms. The number of nitrogens with one attached hydrogen (secondary N) is 1. The Kier molecular flexibility index (Phi) is 5.96. The molecule has 0 aromatic heterocycles. The minimum atomic E-state index is 0.838. The van der Waals surface area contributed by atoms with Crippen LogP contribution in [-0.2, 0) is 6.54 Å². The summed E-state index contributed by atoms with van der Waals surface area (Å²) in [5, 5.41) is 4.30. The van der Waals surface area contributed by atoms with Crippen molar-refractivity contribution in [3.8, 4) is 0 Å². The topological polar surface area (TPSA) is 15.3 Å². The molecular weight excluding hydrogens is 312 g/mol. The number of halogens is 2. The predicted octanol–water partition coefficient (Wildman–Crippen LogP) is 3.68. The molecule has 0 amide bonds. The maximum atomic E-state index is 6.14. The van der Waals surface area contributed by atoms with E-state index in [1.54, 1.807) is 0 Å². The summed E-state index contributed by atoms with van der Waals surface area (Å²) in [6, 6.07) is 5.99. The van der Waals surface area contributed by atoms with Gasteiger partial charge < -0.3 is 10.2 Å². The summed E-state index contributed by atoms with van der Waals surface area (Å²) in [5.41, 5.74) is 1.16. The van der Waals surface area contributed by atoms with Crippen molar-refractivity contribution < 1.29 is 0 Å². The fourth-order valence-corrected chi connectivity index (χ4v) is 2.93. The molecule has 0 unspecified atom stereocenters. The van der Waals surface area contributed by atoms with Crippen molar-refractivity contribution in [1.29, 1.82) is 0 Å². The second kappa shape index (κ2) is 7.49. The van der Waals surface area contributed by atoms with Crippen molar-refractivity contribution in [2.45, 2.75) is 25.8 Å². The molecule has 0 aliphatic carbocycles. The zero-order valence-corrected chi connectivity index (χ0v) is 12.9. The molecule has 18 heavy (non-hydrogen) atoms. The van der Waals surface area contributed by atoms with E-state index < -0.39 is 0 Å². The molecule has 0 saturated carbocycles. The van der Waals surface area contributed by atoms with Crippen molar-refractivity contribution in [2.75, 3.05) is 26.2 Å². The van der Waals surface area contributed by atoms with Gasteiger partial charge in [-0.05, 0) is 69.2 Å². The van der Waals surface area contributed by atoms with Crippen molar-refractivity contribution in [1.82, 2.24) is 10.2 Å². The van der Waals surface area contributed by atoms with E-state index in [0.29, 0.717) is 0 Å². The zero-order valence-electron chi connectivity index (χ0n) is 10.6. The van der Waals surface area contributed by atoms with E-state index in [1.807, 2.05) is 12.1 Å². The highest BCUT2D eigenvalue weighted by molar-refractivity contribution is 9.10. The van der Waals surface area contributed by atoms with Gasteiger partial charge in [0.1, 0.15) is 0 Å². The molecule has 1 aliphatic heterocycles. The van der Waals surface area contributed by atoms with Crippen molar-refractivity contribution >= 4 is 27.5 Å². The van der Waals surface area contributed by atoms with Crippen LogP contribution in [0.3, 0.4) is 0 Å². The first-order valence-electron chi connectivity index (χ1n) is 6.63. The molecule has 100 valence electrons. The Morgan fingerprint density at radius 1 is 1.28 bits per heavy atom. The van der Waals surface area contributed by atoms with Gasteiger partial charge in [0.05, 0.1) is 0 Å². The fraction of sp³-hybridized carbons (Fsp3) is 0.571. The number of nitrogens with zero attached hydrogens (tertiary/aromatic N) is 1. The van der Waals surface area contributed by atoms with Crippen molar-refractivity contribution in [3.05, 3.63) is 33.3 Å². The number of hydrogen-bond donors (Lipinski definition) is 1. The zero-order chi connectivity index (χ0) is 12.8. The molecule has 2 rings (SSSR count). The lowest BCUT2D eigenvalue weighted by Crippen LogP contribution is -2.24. The van der Waals surface area contributed by atoms with E-state index in [0.717, 1.165) is 28.1 Å². The van der Waals surface area contributed by atoms with Gasteiger partial charge >= 0.3 is 0 Å². The van der Waals surface area contributed by atoms with Crippen LogP contribution in [0.15, 0.2) is 22.7 Å². The molecule has 1 saturated heterocycles. The first-order valence-corrected chi connectivity index (χ1v) is 7.80. The maximum absolute atomic E-state index is 6.14. The summed E-state index contributed by atoms with van der Waals surface area (Å²) in [6.07, 6.45) is 3.97. The molecule has 1 aromatic carbocycles. The lowest BCUT2D eigenvalue weighted by Gasteiger charge is -2.14. The summed E-state index contributed by atoms with van der Waals surface area (Å²) >= 11 is 9.61. The molecule has 1 aromatic rings. The first kappa shape index (κ1) is 14.3. The third-order valence-corrected chi connectivity index (χ3v) is 4.21. The third kappa shape index (κ3) is 4.54. The van der Waals surface area contributed by atoms with E-state index in [4.69, 9.17) is 11.6 Å². The Morgan fingerprint density at radius 3 is 2.83 bits per heavy atom. The standard InChI is InChI=1S/C14H20BrClN2/c15-13-4-5-14(16)12(10-13)11-17-6-3-9-18-7-1-2-8-18/h4-5,10,17H,1-3,6-9,11H2. The molecule has 0 spiro atoms. The second-order valence-corrected chi connectivity index (χ2v) is 6.14. The average molecular weight is 332 g/mol. The van der Waals surface area contributed by atoms with Crippen LogP contribution in [0.4, 0.5) is 0 Å². The smallest absolute Gasteiger partial charge is 0.0451 e. The van der Waals surface area contributed by atoms with Crippen LogP contribution >= 0.6 is 27.5 Å². The highest BCUT2D eigenvalue weighted by atomic mass is 79.9. The minimum Gasteiger partial charge on any atom is -0.313 e. The number of rotatable bonds is 6. The molecule has 1 aliphatic rings. The van der Waals surface area contributed by atoms with Crippen LogP contribution in [0.1, 0.15) is 24.8 Å². The van der Waals surface area contributed by atoms with Gasteiger partial charge in [0, 0.05) is 16.0 Å². The normalized spacial score (nSPS) is 16.3. The predicted molar refractivity (Wildman–Crippen MR) is 81.1 cm³/mol. The lowest BCUT2D eigenvalue weighted by molar-refractivity contribution is 0.331. The highest BCUT2D eigenvalue weighted by Crippen LogP contribution is 2.20. The molecule has 0 bridgehead atoms. The van der Waals surface area contributed by atoms with Gasteiger partial charge in [-0.3, -0.25) is 0 Å². The molecule has 1 N–H and O–H groups in total. The summed E-state index contributed by atoms with van der Waals surface area (Å²) in [4.78, 5) is 2.55. The van der Waals surface area contributed by atoms with Gasteiger partial charge in [-0.15, -0.1) is 0 Å². The number of likely N-dealkylation sites (tertiary alicyclic amines) is 1. The van der Waals surface area contributed by atoms with E-state index >= 15 is 0 Å². The van der Waals surface area contributed by atoms with Crippen LogP contribution in [0.5, 0.6) is 0 Å². The Balaban J connectivity index is 1.64. The maximum Gasteiger partial charge on any atom is 0.0451 e. The Labute approximate surface area is 123 Å². The van der Waals surface area contributed by atoms with Gasteiger partial charge in [0.2, 0.25) is 0 Å². The van der Waals surface area contributed by atoms with Crippen LogP contribution in [0.2, 0.25) is 5.02 Å². The summed E-state index contributed by atoms with van der Waals surface area (Å²) in [7, 11) is 0. The Morgan fingerprint density at radius 2 is 2.06 bits per heavy atom. The largest absolute Gasteiger partial charge is 0.313 e. The van der Waals surface area contributed by atoms with Gasteiger partial charge in [0.15, 0.2) is 0 Å². The van der Waals surface area contributed by atoms with Crippen LogP contribution < -0.4 is 5.32 Å². The quantitative estimate of drug-likeness (QED) is 0.800. The summed E-state index contributed by atoms with van der Waals surface area (Å²) < 4.78 is 1.08. The Hall–Kier alpha value is -0.0900. The number of hydrogen-bond acceptors (Lipinski definition) is 2. The summed E-state index contributed by atoms with van der Waals surface area (Å²) in [5.74, 6) is 0. The molecule has 1 heterocycles. The number of benzene rings is 1. The van der Waals surface area contributed by atoms with E-state index in [-0.39, 0.29) is 0 Å². The molecule has 0 atom stereocenters. The SMILES string of the molecule is Clc1ccc(Br)cc1CNCCCN1CCCC1. The van der Waals surface area contributed by atoms with Crippen LogP contribution in [0.25, 0.3) is 0 Å². The van der Waals surface area contributed by atoms with Crippen LogP contribution in [-0.4, -0.2) is 31.1 Å². The minimum absolute atomic E-state index is 0.838. The molecule has 2 nitrogen and oxygen atoms in total. The van der Waals surface area contributed by atoms with E-state index in [2.05, 4.69) is 32.2 Å². The van der Waals surface area contributed by atoms with Gasteiger partial charge in [0.25, 0.3) is 0 Å².